The first-order chi connectivity index (χ1) is 13.8. The molecule has 0 saturated carbocycles. The lowest BCUT2D eigenvalue weighted by atomic mass is 9.98. The lowest BCUT2D eigenvalue weighted by Gasteiger charge is -2.36. The minimum absolute atomic E-state index is 0.303. The SMILES string of the molecule is CCC[C@H](c1cc(OC)c(OC)cc1OCc1ccccc1)N1CCNCC1. The highest BCUT2D eigenvalue weighted by Crippen LogP contribution is 2.41. The van der Waals surface area contributed by atoms with Crippen LogP contribution in [-0.2, 0) is 6.61 Å². The van der Waals surface area contributed by atoms with Crippen molar-refractivity contribution >= 4 is 0 Å². The summed E-state index contributed by atoms with van der Waals surface area (Å²) in [6.45, 7) is 6.89. The van der Waals surface area contributed by atoms with Crippen molar-refractivity contribution < 1.29 is 14.2 Å². The van der Waals surface area contributed by atoms with Crippen LogP contribution in [0.25, 0.3) is 0 Å². The van der Waals surface area contributed by atoms with Crippen LogP contribution in [0.1, 0.15) is 36.9 Å². The van der Waals surface area contributed by atoms with Gasteiger partial charge in [-0.15, -0.1) is 0 Å². The summed E-state index contributed by atoms with van der Waals surface area (Å²) in [5.74, 6) is 2.32. The first-order valence-electron chi connectivity index (χ1n) is 10.1. The third-order valence-corrected chi connectivity index (χ3v) is 5.27. The molecular weight excluding hydrogens is 352 g/mol. The zero-order valence-electron chi connectivity index (χ0n) is 17.2. The molecule has 0 aliphatic carbocycles. The largest absolute Gasteiger partial charge is 0.493 e. The maximum absolute atomic E-state index is 6.31. The second-order valence-electron chi connectivity index (χ2n) is 7.11. The minimum Gasteiger partial charge on any atom is -0.493 e. The van der Waals surface area contributed by atoms with Gasteiger partial charge in [-0.25, -0.2) is 0 Å². The molecule has 0 spiro atoms. The topological polar surface area (TPSA) is 43.0 Å². The van der Waals surface area contributed by atoms with Crippen LogP contribution in [-0.4, -0.2) is 45.3 Å². The van der Waals surface area contributed by atoms with Crippen molar-refractivity contribution in [1.82, 2.24) is 10.2 Å². The molecule has 5 heteroatoms. The van der Waals surface area contributed by atoms with Crippen molar-refractivity contribution in [2.24, 2.45) is 0 Å². The summed E-state index contributed by atoms with van der Waals surface area (Å²) >= 11 is 0. The molecule has 1 fully saturated rings. The van der Waals surface area contributed by atoms with Gasteiger partial charge in [0.15, 0.2) is 11.5 Å². The third-order valence-electron chi connectivity index (χ3n) is 5.27. The van der Waals surface area contributed by atoms with Crippen LogP contribution < -0.4 is 19.5 Å². The number of hydrogen-bond acceptors (Lipinski definition) is 5. The number of hydrogen-bond donors (Lipinski definition) is 1. The Hall–Kier alpha value is -2.24. The molecule has 0 aromatic heterocycles. The summed E-state index contributed by atoms with van der Waals surface area (Å²) < 4.78 is 17.4. The fourth-order valence-electron chi connectivity index (χ4n) is 3.80. The third kappa shape index (κ3) is 4.97. The molecule has 1 N–H and O–H groups in total. The smallest absolute Gasteiger partial charge is 0.164 e. The number of nitrogens with zero attached hydrogens (tertiary/aromatic N) is 1. The van der Waals surface area contributed by atoms with E-state index in [0.717, 1.165) is 56.1 Å². The molecule has 0 bridgehead atoms. The zero-order valence-corrected chi connectivity index (χ0v) is 17.2. The molecule has 0 unspecified atom stereocenters. The molecule has 28 heavy (non-hydrogen) atoms. The van der Waals surface area contributed by atoms with Crippen molar-refractivity contribution in [2.45, 2.75) is 32.4 Å². The van der Waals surface area contributed by atoms with E-state index in [-0.39, 0.29) is 0 Å². The van der Waals surface area contributed by atoms with E-state index in [9.17, 15) is 0 Å². The lowest BCUT2D eigenvalue weighted by Crippen LogP contribution is -2.45. The molecule has 2 aromatic carbocycles. The van der Waals surface area contributed by atoms with Crippen LogP contribution >= 0.6 is 0 Å². The standard InChI is InChI=1S/C23H32N2O3/c1-4-8-20(25-13-11-24-12-14-25)19-15-22(26-2)23(27-3)16-21(19)28-17-18-9-6-5-7-10-18/h5-7,9-10,15-16,20,24H,4,8,11-14,17H2,1-3H3/t20-/m1/s1. The Morgan fingerprint density at radius 2 is 1.64 bits per heavy atom. The molecule has 3 rings (SSSR count). The van der Waals surface area contributed by atoms with E-state index in [1.54, 1.807) is 14.2 Å². The predicted molar refractivity (Wildman–Crippen MR) is 112 cm³/mol. The number of benzene rings is 2. The summed E-state index contributed by atoms with van der Waals surface area (Å²) in [5.41, 5.74) is 2.33. The fraction of sp³-hybridized carbons (Fsp3) is 0.478. The Balaban J connectivity index is 1.94. The highest BCUT2D eigenvalue weighted by atomic mass is 16.5. The van der Waals surface area contributed by atoms with Gasteiger partial charge in [0.25, 0.3) is 0 Å². The average Bonchev–Trinajstić information content (AvgIpc) is 2.77. The Labute approximate surface area is 168 Å². The van der Waals surface area contributed by atoms with E-state index in [0.29, 0.717) is 18.4 Å². The van der Waals surface area contributed by atoms with Crippen LogP contribution in [0.15, 0.2) is 42.5 Å². The van der Waals surface area contributed by atoms with Crippen LogP contribution in [0.5, 0.6) is 17.2 Å². The maximum atomic E-state index is 6.31. The molecule has 1 heterocycles. The van der Waals surface area contributed by atoms with Gasteiger partial charge in [-0.3, -0.25) is 4.90 Å². The molecule has 2 aromatic rings. The van der Waals surface area contributed by atoms with Gasteiger partial charge in [0, 0.05) is 43.9 Å². The molecule has 5 nitrogen and oxygen atoms in total. The van der Waals surface area contributed by atoms with Gasteiger partial charge in [-0.05, 0) is 18.1 Å². The zero-order chi connectivity index (χ0) is 19.8. The van der Waals surface area contributed by atoms with Crippen LogP contribution in [0.4, 0.5) is 0 Å². The van der Waals surface area contributed by atoms with Gasteiger partial charge in [0.2, 0.25) is 0 Å². The summed E-state index contributed by atoms with van der Waals surface area (Å²) in [5, 5.41) is 3.45. The van der Waals surface area contributed by atoms with Crippen molar-refractivity contribution in [3.8, 4) is 17.2 Å². The Kier molecular flexibility index (Phi) is 7.57. The van der Waals surface area contributed by atoms with Crippen LogP contribution in [0.3, 0.4) is 0 Å². The van der Waals surface area contributed by atoms with E-state index in [1.165, 1.54) is 5.56 Å². The first kappa shape index (κ1) is 20.5. The van der Waals surface area contributed by atoms with Crippen molar-refractivity contribution in [1.29, 1.82) is 0 Å². The van der Waals surface area contributed by atoms with Gasteiger partial charge >= 0.3 is 0 Å². The van der Waals surface area contributed by atoms with Gasteiger partial charge in [-0.2, -0.15) is 0 Å². The summed E-state index contributed by atoms with van der Waals surface area (Å²) in [4.78, 5) is 2.55. The van der Waals surface area contributed by atoms with Crippen LogP contribution in [0, 0.1) is 0 Å². The Morgan fingerprint density at radius 1 is 0.964 bits per heavy atom. The molecule has 1 aliphatic heterocycles. The minimum atomic E-state index is 0.303. The molecule has 1 aliphatic rings. The van der Waals surface area contributed by atoms with Crippen molar-refractivity contribution in [3.05, 3.63) is 53.6 Å². The van der Waals surface area contributed by atoms with Gasteiger partial charge in [0.1, 0.15) is 12.4 Å². The monoisotopic (exact) mass is 384 g/mol. The first-order valence-corrected chi connectivity index (χ1v) is 10.1. The van der Waals surface area contributed by atoms with E-state index in [4.69, 9.17) is 14.2 Å². The number of ether oxygens (including phenoxy) is 3. The van der Waals surface area contributed by atoms with E-state index >= 15 is 0 Å². The highest BCUT2D eigenvalue weighted by molar-refractivity contribution is 5.52. The lowest BCUT2D eigenvalue weighted by molar-refractivity contribution is 0.159. The summed E-state index contributed by atoms with van der Waals surface area (Å²) in [6.07, 6.45) is 2.19. The van der Waals surface area contributed by atoms with Crippen LogP contribution in [0.2, 0.25) is 0 Å². The Morgan fingerprint density at radius 3 is 2.29 bits per heavy atom. The molecule has 1 atom stereocenters. The second kappa shape index (κ2) is 10.3. The predicted octanol–water partition coefficient (Wildman–Crippen LogP) is 4.03. The molecule has 1 saturated heterocycles. The number of nitrogens with one attached hydrogen (secondary N) is 1. The van der Waals surface area contributed by atoms with E-state index in [1.807, 2.05) is 24.3 Å². The number of rotatable bonds is 9. The van der Waals surface area contributed by atoms with Crippen molar-refractivity contribution in [3.63, 3.8) is 0 Å². The second-order valence-corrected chi connectivity index (χ2v) is 7.11. The summed E-state index contributed by atoms with van der Waals surface area (Å²) in [6, 6.07) is 14.6. The number of piperazine rings is 1. The Bertz CT molecular complexity index is 730. The highest BCUT2D eigenvalue weighted by Gasteiger charge is 2.26. The molecule has 152 valence electrons. The van der Waals surface area contributed by atoms with Crippen molar-refractivity contribution in [2.75, 3.05) is 40.4 Å². The molecular formula is C23H32N2O3. The maximum Gasteiger partial charge on any atom is 0.164 e. The van der Waals surface area contributed by atoms with Gasteiger partial charge in [-0.1, -0.05) is 43.7 Å². The normalized spacial score (nSPS) is 15.8. The average molecular weight is 385 g/mol. The molecule has 0 amide bonds. The quantitative estimate of drug-likeness (QED) is 0.707. The van der Waals surface area contributed by atoms with E-state index < -0.39 is 0 Å². The number of methoxy groups -OCH3 is 2. The van der Waals surface area contributed by atoms with Gasteiger partial charge in [0.05, 0.1) is 14.2 Å². The molecule has 0 radical (unpaired) electrons. The van der Waals surface area contributed by atoms with E-state index in [2.05, 4.69) is 35.3 Å². The summed E-state index contributed by atoms with van der Waals surface area (Å²) in [7, 11) is 3.35. The fourth-order valence-corrected chi connectivity index (χ4v) is 3.80. The van der Waals surface area contributed by atoms with Gasteiger partial charge < -0.3 is 19.5 Å².